The summed E-state index contributed by atoms with van der Waals surface area (Å²) in [5, 5.41) is 27.5. The molecule has 0 unspecified atom stereocenters. The molecule has 0 spiro atoms. The van der Waals surface area contributed by atoms with Crippen molar-refractivity contribution in [3.8, 4) is 6.07 Å². The van der Waals surface area contributed by atoms with Crippen LogP contribution in [-0.2, 0) is 14.3 Å². The molecule has 1 aliphatic rings. The number of carbonyl (C=O) groups is 1. The Kier molecular flexibility index (Phi) is 5.29. The molecule has 1 heterocycles. The normalized spacial score (nSPS) is 31.3. The number of ether oxygens (including phenoxy) is 2. The van der Waals surface area contributed by atoms with Crippen molar-refractivity contribution < 1.29 is 24.5 Å². The number of aliphatic hydroxyl groups excluding tert-OH is 2. The highest BCUT2D eigenvalue weighted by atomic mass is 16.6. The van der Waals surface area contributed by atoms with E-state index in [4.69, 9.17) is 19.8 Å². The molecule has 0 radical (unpaired) electrons. The molecule has 1 aliphatic heterocycles. The SMILES string of the molecule is CC(=O)O[C@@H]1C[C@@H](C#N)O[C@H](C[C@H](O)CO)C1(C)C. The van der Waals surface area contributed by atoms with Crippen LogP contribution >= 0.6 is 0 Å². The van der Waals surface area contributed by atoms with E-state index in [9.17, 15) is 9.90 Å². The summed E-state index contributed by atoms with van der Waals surface area (Å²) >= 11 is 0. The van der Waals surface area contributed by atoms with E-state index < -0.39 is 35.8 Å². The largest absolute Gasteiger partial charge is 0.462 e. The Bertz CT molecular complexity index is 363. The minimum absolute atomic E-state index is 0.194. The van der Waals surface area contributed by atoms with Gasteiger partial charge < -0.3 is 19.7 Å². The third-order valence-corrected chi connectivity index (χ3v) is 3.57. The fraction of sp³-hybridized carbons (Fsp3) is 0.846. The van der Waals surface area contributed by atoms with Gasteiger partial charge in [-0.3, -0.25) is 4.79 Å². The van der Waals surface area contributed by atoms with Crippen LogP contribution in [-0.4, -0.2) is 47.2 Å². The van der Waals surface area contributed by atoms with Crippen molar-refractivity contribution in [2.45, 2.75) is 58.0 Å². The molecular formula is C13H21NO5. The van der Waals surface area contributed by atoms with E-state index in [1.165, 1.54) is 6.92 Å². The Hall–Kier alpha value is -1.16. The first kappa shape index (κ1) is 15.9. The maximum Gasteiger partial charge on any atom is 0.302 e. The summed E-state index contributed by atoms with van der Waals surface area (Å²) in [5.41, 5.74) is -0.533. The number of aliphatic hydroxyl groups is 2. The highest BCUT2D eigenvalue weighted by molar-refractivity contribution is 5.66. The van der Waals surface area contributed by atoms with Gasteiger partial charge in [-0.05, 0) is 0 Å². The van der Waals surface area contributed by atoms with Gasteiger partial charge >= 0.3 is 5.97 Å². The minimum atomic E-state index is -0.917. The van der Waals surface area contributed by atoms with Crippen molar-refractivity contribution in [2.75, 3.05) is 6.61 Å². The molecule has 4 atom stereocenters. The standard InChI is InChI=1S/C13H21NO5/c1-8(16)18-12-5-10(6-14)19-11(13(12,2)3)4-9(17)7-15/h9-12,15,17H,4-5,7H2,1-3H3/t9-,10-,11+,12+/m0/s1. The highest BCUT2D eigenvalue weighted by Crippen LogP contribution is 2.40. The van der Waals surface area contributed by atoms with Crippen LogP contribution in [0.5, 0.6) is 0 Å². The molecule has 0 amide bonds. The van der Waals surface area contributed by atoms with Crippen molar-refractivity contribution >= 4 is 5.97 Å². The molecule has 1 rings (SSSR count). The maximum absolute atomic E-state index is 11.1. The van der Waals surface area contributed by atoms with Crippen LogP contribution in [0.15, 0.2) is 0 Å². The van der Waals surface area contributed by atoms with E-state index in [1.54, 1.807) is 0 Å². The lowest BCUT2D eigenvalue weighted by atomic mass is 9.74. The molecule has 0 bridgehead atoms. The summed E-state index contributed by atoms with van der Waals surface area (Å²) in [6, 6.07) is 2.01. The summed E-state index contributed by atoms with van der Waals surface area (Å²) in [6.45, 7) is 4.68. The van der Waals surface area contributed by atoms with Gasteiger partial charge in [-0.2, -0.15) is 5.26 Å². The molecule has 1 fully saturated rings. The van der Waals surface area contributed by atoms with Gasteiger partial charge in [-0.15, -0.1) is 0 Å². The second kappa shape index (κ2) is 6.33. The average Bonchev–Trinajstić information content (AvgIpc) is 2.33. The molecule has 0 aliphatic carbocycles. The number of carbonyl (C=O) groups excluding carboxylic acids is 1. The summed E-state index contributed by atoms with van der Waals surface area (Å²) in [4.78, 5) is 11.1. The Morgan fingerprint density at radius 2 is 2.26 bits per heavy atom. The zero-order valence-electron chi connectivity index (χ0n) is 11.5. The van der Waals surface area contributed by atoms with E-state index in [0.29, 0.717) is 6.42 Å². The average molecular weight is 271 g/mol. The topological polar surface area (TPSA) is 99.8 Å². The zero-order chi connectivity index (χ0) is 14.6. The number of hydrogen-bond donors (Lipinski definition) is 2. The fourth-order valence-electron chi connectivity index (χ4n) is 2.30. The minimum Gasteiger partial charge on any atom is -0.462 e. The molecule has 0 saturated carbocycles. The third kappa shape index (κ3) is 3.90. The maximum atomic E-state index is 11.1. The van der Waals surface area contributed by atoms with Gasteiger partial charge in [0.15, 0.2) is 0 Å². The van der Waals surface area contributed by atoms with E-state index in [-0.39, 0.29) is 13.0 Å². The molecule has 2 N–H and O–H groups in total. The fourth-order valence-corrected chi connectivity index (χ4v) is 2.30. The van der Waals surface area contributed by atoms with Crippen LogP contribution in [0.1, 0.15) is 33.6 Å². The first-order valence-corrected chi connectivity index (χ1v) is 6.32. The molecule has 6 nitrogen and oxygen atoms in total. The summed E-state index contributed by atoms with van der Waals surface area (Å²) in [5.74, 6) is -0.405. The zero-order valence-corrected chi connectivity index (χ0v) is 11.5. The van der Waals surface area contributed by atoms with Crippen molar-refractivity contribution in [3.05, 3.63) is 0 Å². The molecule has 0 aromatic carbocycles. The lowest BCUT2D eigenvalue weighted by molar-refractivity contribution is -0.192. The van der Waals surface area contributed by atoms with Crippen molar-refractivity contribution in [1.82, 2.24) is 0 Å². The second-order valence-electron chi connectivity index (χ2n) is 5.47. The molecule has 0 aromatic rings. The van der Waals surface area contributed by atoms with E-state index in [0.717, 1.165) is 0 Å². The van der Waals surface area contributed by atoms with Crippen LogP contribution in [0, 0.1) is 16.7 Å². The first-order valence-electron chi connectivity index (χ1n) is 6.32. The molecule has 108 valence electrons. The number of esters is 1. The Balaban J connectivity index is 2.88. The molecule has 1 saturated heterocycles. The predicted molar refractivity (Wildman–Crippen MR) is 65.9 cm³/mol. The summed E-state index contributed by atoms with van der Waals surface area (Å²) in [6.07, 6.45) is -1.99. The molecular weight excluding hydrogens is 250 g/mol. The number of hydrogen-bond acceptors (Lipinski definition) is 6. The quantitative estimate of drug-likeness (QED) is 0.716. The molecule has 6 heteroatoms. The van der Waals surface area contributed by atoms with Crippen LogP contribution < -0.4 is 0 Å². The lowest BCUT2D eigenvalue weighted by Crippen LogP contribution is -2.52. The van der Waals surface area contributed by atoms with E-state index in [2.05, 4.69) is 0 Å². The van der Waals surface area contributed by atoms with Crippen molar-refractivity contribution in [1.29, 1.82) is 5.26 Å². The molecule has 0 aromatic heterocycles. The number of nitrogens with zero attached hydrogens (tertiary/aromatic N) is 1. The van der Waals surface area contributed by atoms with Crippen LogP contribution in [0.4, 0.5) is 0 Å². The van der Waals surface area contributed by atoms with Gasteiger partial charge in [0.25, 0.3) is 0 Å². The third-order valence-electron chi connectivity index (χ3n) is 3.57. The highest BCUT2D eigenvalue weighted by Gasteiger charge is 2.47. The Morgan fingerprint density at radius 3 is 2.74 bits per heavy atom. The van der Waals surface area contributed by atoms with Crippen LogP contribution in [0.25, 0.3) is 0 Å². The van der Waals surface area contributed by atoms with Crippen molar-refractivity contribution in [3.63, 3.8) is 0 Å². The van der Waals surface area contributed by atoms with Crippen molar-refractivity contribution in [2.24, 2.45) is 5.41 Å². The van der Waals surface area contributed by atoms with Crippen LogP contribution in [0.2, 0.25) is 0 Å². The predicted octanol–water partition coefficient (Wildman–Crippen LogP) is 0.369. The second-order valence-corrected chi connectivity index (χ2v) is 5.47. The summed E-state index contributed by atoms with van der Waals surface area (Å²) in [7, 11) is 0. The first-order chi connectivity index (χ1) is 8.81. The van der Waals surface area contributed by atoms with E-state index >= 15 is 0 Å². The van der Waals surface area contributed by atoms with Gasteiger partial charge in [-0.25, -0.2) is 0 Å². The summed E-state index contributed by atoms with van der Waals surface area (Å²) < 4.78 is 10.9. The monoisotopic (exact) mass is 271 g/mol. The Labute approximate surface area is 112 Å². The number of rotatable bonds is 4. The van der Waals surface area contributed by atoms with Gasteiger partial charge in [0, 0.05) is 25.2 Å². The van der Waals surface area contributed by atoms with E-state index in [1.807, 2.05) is 19.9 Å². The van der Waals surface area contributed by atoms with Gasteiger partial charge in [-0.1, -0.05) is 13.8 Å². The van der Waals surface area contributed by atoms with Gasteiger partial charge in [0.1, 0.15) is 12.2 Å². The lowest BCUT2D eigenvalue weighted by Gasteiger charge is -2.46. The molecule has 19 heavy (non-hydrogen) atoms. The van der Waals surface area contributed by atoms with Crippen LogP contribution in [0.3, 0.4) is 0 Å². The number of nitriles is 1. The smallest absolute Gasteiger partial charge is 0.302 e. The Morgan fingerprint density at radius 1 is 1.63 bits per heavy atom. The van der Waals surface area contributed by atoms with Gasteiger partial charge in [0.05, 0.1) is 24.9 Å². The van der Waals surface area contributed by atoms with Gasteiger partial charge in [0.2, 0.25) is 0 Å².